The summed E-state index contributed by atoms with van der Waals surface area (Å²) in [6.45, 7) is 4.46. The molecule has 1 aromatic rings. The molecule has 0 bridgehead atoms. The monoisotopic (exact) mass is 224 g/mol. The van der Waals surface area contributed by atoms with E-state index in [-0.39, 0.29) is 0 Å². The fraction of sp³-hybridized carbons (Fsp3) is 0.750. The number of aryl methyl sites for hydroxylation is 1. The molecule has 84 valence electrons. The van der Waals surface area contributed by atoms with Crippen LogP contribution in [-0.2, 0) is 6.42 Å². The highest BCUT2D eigenvalue weighted by atomic mass is 32.1. The molecule has 1 saturated carbocycles. The van der Waals surface area contributed by atoms with Crippen molar-refractivity contribution in [1.82, 2.24) is 10.3 Å². The van der Waals surface area contributed by atoms with Crippen LogP contribution in [0.15, 0.2) is 5.38 Å². The van der Waals surface area contributed by atoms with Gasteiger partial charge in [-0.25, -0.2) is 4.98 Å². The van der Waals surface area contributed by atoms with E-state index in [0.29, 0.717) is 0 Å². The molecular weight excluding hydrogens is 204 g/mol. The molecule has 1 aliphatic carbocycles. The Kier molecular flexibility index (Phi) is 3.42. The summed E-state index contributed by atoms with van der Waals surface area (Å²) in [6.07, 6.45) is 3.85. The molecule has 0 saturated heterocycles. The number of rotatable bonds is 3. The van der Waals surface area contributed by atoms with E-state index in [4.69, 9.17) is 0 Å². The second-order valence-electron chi connectivity index (χ2n) is 4.65. The van der Waals surface area contributed by atoms with Gasteiger partial charge in [0.05, 0.1) is 10.7 Å². The number of thiazole rings is 1. The Morgan fingerprint density at radius 1 is 1.53 bits per heavy atom. The molecule has 0 radical (unpaired) electrons. The topological polar surface area (TPSA) is 24.9 Å². The quantitative estimate of drug-likeness (QED) is 0.853. The Labute approximate surface area is 96.1 Å². The van der Waals surface area contributed by atoms with Crippen molar-refractivity contribution < 1.29 is 0 Å². The minimum absolute atomic E-state index is 0.717. The highest BCUT2D eigenvalue weighted by Gasteiger charge is 2.31. The van der Waals surface area contributed by atoms with Gasteiger partial charge in [-0.2, -0.15) is 0 Å². The van der Waals surface area contributed by atoms with Crippen LogP contribution in [0.1, 0.15) is 30.5 Å². The average molecular weight is 224 g/mol. The molecule has 3 heteroatoms. The van der Waals surface area contributed by atoms with Crippen LogP contribution >= 0.6 is 11.3 Å². The highest BCUT2D eigenvalue weighted by Crippen LogP contribution is 2.34. The van der Waals surface area contributed by atoms with Gasteiger partial charge in [0, 0.05) is 11.4 Å². The minimum Gasteiger partial charge on any atom is -0.317 e. The van der Waals surface area contributed by atoms with Crippen LogP contribution in [0.3, 0.4) is 0 Å². The highest BCUT2D eigenvalue weighted by molar-refractivity contribution is 7.09. The normalized spacial score (nSPS) is 31.0. The van der Waals surface area contributed by atoms with Gasteiger partial charge in [0.25, 0.3) is 0 Å². The maximum absolute atomic E-state index is 4.56. The molecule has 1 heterocycles. The Balaban J connectivity index is 1.96. The zero-order valence-electron chi connectivity index (χ0n) is 9.79. The summed E-state index contributed by atoms with van der Waals surface area (Å²) < 4.78 is 0. The van der Waals surface area contributed by atoms with E-state index in [1.54, 1.807) is 11.3 Å². The fourth-order valence-electron chi connectivity index (χ4n) is 2.71. The molecule has 0 amide bonds. The smallest absolute Gasteiger partial charge is 0.0897 e. The average Bonchev–Trinajstić information content (AvgIpc) is 2.76. The lowest BCUT2D eigenvalue weighted by atomic mass is 9.92. The van der Waals surface area contributed by atoms with Crippen molar-refractivity contribution in [2.75, 3.05) is 7.05 Å². The van der Waals surface area contributed by atoms with Gasteiger partial charge in [-0.1, -0.05) is 6.92 Å². The first kappa shape index (κ1) is 11.1. The largest absolute Gasteiger partial charge is 0.317 e. The van der Waals surface area contributed by atoms with E-state index in [2.05, 4.69) is 36.6 Å². The SMILES string of the molecule is CNC1CCC(Cc2csc(C)n2)C1C. The van der Waals surface area contributed by atoms with Gasteiger partial charge in [-0.15, -0.1) is 11.3 Å². The van der Waals surface area contributed by atoms with Gasteiger partial charge < -0.3 is 5.32 Å². The zero-order valence-corrected chi connectivity index (χ0v) is 10.6. The molecular formula is C12H20N2S. The van der Waals surface area contributed by atoms with Crippen LogP contribution in [0.2, 0.25) is 0 Å². The van der Waals surface area contributed by atoms with E-state index in [1.165, 1.54) is 30.0 Å². The van der Waals surface area contributed by atoms with E-state index in [0.717, 1.165) is 17.9 Å². The molecule has 1 fully saturated rings. The Morgan fingerprint density at radius 2 is 2.33 bits per heavy atom. The van der Waals surface area contributed by atoms with Crippen LogP contribution in [0.4, 0.5) is 0 Å². The maximum atomic E-state index is 4.56. The van der Waals surface area contributed by atoms with Crippen LogP contribution in [0.25, 0.3) is 0 Å². The van der Waals surface area contributed by atoms with Crippen LogP contribution < -0.4 is 5.32 Å². The Morgan fingerprint density at radius 3 is 2.87 bits per heavy atom. The Bertz CT molecular complexity index is 321. The van der Waals surface area contributed by atoms with Gasteiger partial charge >= 0.3 is 0 Å². The molecule has 2 rings (SSSR count). The molecule has 0 aliphatic heterocycles. The maximum Gasteiger partial charge on any atom is 0.0897 e. The summed E-state index contributed by atoms with van der Waals surface area (Å²) in [4.78, 5) is 4.56. The predicted octanol–water partition coefficient (Wildman–Crippen LogP) is 2.63. The van der Waals surface area contributed by atoms with Crippen LogP contribution in [-0.4, -0.2) is 18.1 Å². The van der Waals surface area contributed by atoms with E-state index < -0.39 is 0 Å². The summed E-state index contributed by atoms with van der Waals surface area (Å²) in [6, 6.07) is 0.717. The molecule has 0 aromatic carbocycles. The fourth-order valence-corrected chi connectivity index (χ4v) is 3.34. The lowest BCUT2D eigenvalue weighted by Crippen LogP contribution is -2.29. The number of aromatic nitrogens is 1. The van der Waals surface area contributed by atoms with E-state index in [1.807, 2.05) is 0 Å². The van der Waals surface area contributed by atoms with Crippen molar-refractivity contribution in [3.05, 3.63) is 16.1 Å². The second-order valence-corrected chi connectivity index (χ2v) is 5.72. The summed E-state index contributed by atoms with van der Waals surface area (Å²) in [7, 11) is 2.08. The number of nitrogens with one attached hydrogen (secondary N) is 1. The van der Waals surface area contributed by atoms with Gasteiger partial charge in [-0.05, 0) is 45.1 Å². The second kappa shape index (κ2) is 4.62. The zero-order chi connectivity index (χ0) is 10.8. The van der Waals surface area contributed by atoms with Gasteiger partial charge in [0.1, 0.15) is 0 Å². The van der Waals surface area contributed by atoms with Crippen molar-refractivity contribution in [3.63, 3.8) is 0 Å². The standard InChI is InChI=1S/C12H20N2S/c1-8-10(4-5-12(8)13-3)6-11-7-15-9(2)14-11/h7-8,10,12-13H,4-6H2,1-3H3. The summed E-state index contributed by atoms with van der Waals surface area (Å²) in [5.41, 5.74) is 1.30. The summed E-state index contributed by atoms with van der Waals surface area (Å²) in [5, 5.41) is 6.83. The van der Waals surface area contributed by atoms with Crippen molar-refractivity contribution in [2.24, 2.45) is 11.8 Å². The summed E-state index contributed by atoms with van der Waals surface area (Å²) in [5.74, 6) is 1.61. The third kappa shape index (κ3) is 2.40. The van der Waals surface area contributed by atoms with Gasteiger partial charge in [0.2, 0.25) is 0 Å². The third-order valence-corrected chi connectivity index (χ3v) is 4.56. The van der Waals surface area contributed by atoms with E-state index in [9.17, 15) is 0 Å². The molecule has 1 aliphatic rings. The number of hydrogen-bond donors (Lipinski definition) is 1. The molecule has 3 atom stereocenters. The molecule has 0 spiro atoms. The molecule has 3 unspecified atom stereocenters. The van der Waals surface area contributed by atoms with Crippen molar-refractivity contribution in [2.45, 2.75) is 39.2 Å². The third-order valence-electron chi connectivity index (χ3n) is 3.74. The minimum atomic E-state index is 0.717. The van der Waals surface area contributed by atoms with Gasteiger partial charge in [0.15, 0.2) is 0 Å². The predicted molar refractivity (Wildman–Crippen MR) is 65.3 cm³/mol. The van der Waals surface area contributed by atoms with Crippen molar-refractivity contribution in [3.8, 4) is 0 Å². The number of nitrogens with zero attached hydrogens (tertiary/aromatic N) is 1. The van der Waals surface area contributed by atoms with E-state index >= 15 is 0 Å². The van der Waals surface area contributed by atoms with Crippen molar-refractivity contribution >= 4 is 11.3 Å². The lowest BCUT2D eigenvalue weighted by Gasteiger charge is -2.19. The van der Waals surface area contributed by atoms with Gasteiger partial charge in [-0.3, -0.25) is 0 Å². The molecule has 1 N–H and O–H groups in total. The van der Waals surface area contributed by atoms with Crippen LogP contribution in [0.5, 0.6) is 0 Å². The molecule has 1 aromatic heterocycles. The van der Waals surface area contributed by atoms with Crippen molar-refractivity contribution in [1.29, 1.82) is 0 Å². The number of hydrogen-bond acceptors (Lipinski definition) is 3. The molecule has 15 heavy (non-hydrogen) atoms. The first-order chi connectivity index (χ1) is 7.20. The summed E-state index contributed by atoms with van der Waals surface area (Å²) >= 11 is 1.77. The first-order valence-corrected chi connectivity index (χ1v) is 6.67. The lowest BCUT2D eigenvalue weighted by molar-refractivity contribution is 0.362. The van der Waals surface area contributed by atoms with Crippen LogP contribution in [0, 0.1) is 18.8 Å². The first-order valence-electron chi connectivity index (χ1n) is 5.79. The Hall–Kier alpha value is -0.410. The molecule has 2 nitrogen and oxygen atoms in total.